The van der Waals surface area contributed by atoms with Crippen LogP contribution in [-0.2, 0) is 14.3 Å². The van der Waals surface area contributed by atoms with Crippen LogP contribution in [0.15, 0.2) is 24.3 Å². The van der Waals surface area contributed by atoms with Gasteiger partial charge in [0.2, 0.25) is 5.91 Å². The van der Waals surface area contributed by atoms with Crippen molar-refractivity contribution in [3.05, 3.63) is 29.8 Å². The molecule has 7 nitrogen and oxygen atoms in total. The first-order valence-electron chi connectivity index (χ1n) is 7.83. The summed E-state index contributed by atoms with van der Waals surface area (Å²) in [4.78, 5) is 26.4. The second-order valence-electron chi connectivity index (χ2n) is 5.56. The highest BCUT2D eigenvalue weighted by molar-refractivity contribution is 5.98. The van der Waals surface area contributed by atoms with E-state index in [0.717, 1.165) is 0 Å². The van der Waals surface area contributed by atoms with Crippen LogP contribution in [0, 0.1) is 0 Å². The summed E-state index contributed by atoms with van der Waals surface area (Å²) in [5.74, 6) is -0.191. The van der Waals surface area contributed by atoms with E-state index in [4.69, 9.17) is 9.47 Å². The Kier molecular flexibility index (Phi) is 6.99. The molecular weight excluding hydrogens is 334 g/mol. The van der Waals surface area contributed by atoms with Gasteiger partial charge >= 0.3 is 0 Å². The first kappa shape index (κ1) is 18.7. The first-order chi connectivity index (χ1) is 11.2. The minimum atomic E-state index is -0.359. The third kappa shape index (κ3) is 4.67. The van der Waals surface area contributed by atoms with E-state index < -0.39 is 0 Å². The molecule has 1 unspecified atom stereocenters. The monoisotopic (exact) mass is 355 g/mol. The summed E-state index contributed by atoms with van der Waals surface area (Å²) in [6.45, 7) is 3.96. The predicted molar refractivity (Wildman–Crippen MR) is 91.7 cm³/mol. The molecule has 3 rings (SSSR count). The molecule has 2 fully saturated rings. The zero-order chi connectivity index (χ0) is 16.1. The van der Waals surface area contributed by atoms with Crippen LogP contribution in [0.3, 0.4) is 0 Å². The molecule has 2 aliphatic heterocycles. The molecule has 0 aliphatic carbocycles. The lowest BCUT2D eigenvalue weighted by Gasteiger charge is -2.27. The van der Waals surface area contributed by atoms with Crippen LogP contribution in [0.25, 0.3) is 0 Å². The molecule has 0 radical (unpaired) electrons. The van der Waals surface area contributed by atoms with Gasteiger partial charge in [-0.1, -0.05) is 6.07 Å². The van der Waals surface area contributed by atoms with E-state index in [2.05, 4.69) is 10.6 Å². The van der Waals surface area contributed by atoms with Crippen LogP contribution < -0.4 is 10.6 Å². The minimum absolute atomic E-state index is 0. The fourth-order valence-corrected chi connectivity index (χ4v) is 2.64. The number of carbonyl (C=O) groups excluding carboxylic acids is 2. The Morgan fingerprint density at radius 2 is 1.96 bits per heavy atom. The van der Waals surface area contributed by atoms with Gasteiger partial charge in [0.15, 0.2) is 0 Å². The summed E-state index contributed by atoms with van der Waals surface area (Å²) in [5, 5.41) is 5.94. The zero-order valence-corrected chi connectivity index (χ0v) is 14.1. The van der Waals surface area contributed by atoms with Gasteiger partial charge in [-0.25, -0.2) is 0 Å². The fourth-order valence-electron chi connectivity index (χ4n) is 2.64. The number of ether oxygens (including phenoxy) is 2. The number of nitrogens with zero attached hydrogens (tertiary/aromatic N) is 1. The number of anilines is 1. The van der Waals surface area contributed by atoms with E-state index in [9.17, 15) is 9.59 Å². The maximum absolute atomic E-state index is 12.5. The average molecular weight is 356 g/mol. The van der Waals surface area contributed by atoms with Gasteiger partial charge in [0.25, 0.3) is 5.91 Å². The smallest absolute Gasteiger partial charge is 0.254 e. The molecule has 0 saturated carbocycles. The normalized spacial score (nSPS) is 20.8. The number of halogens is 1. The van der Waals surface area contributed by atoms with E-state index in [1.807, 2.05) is 0 Å². The van der Waals surface area contributed by atoms with Crippen LogP contribution in [0.2, 0.25) is 0 Å². The number of morpholine rings is 2. The van der Waals surface area contributed by atoms with Crippen LogP contribution in [0.5, 0.6) is 0 Å². The molecule has 2 heterocycles. The Morgan fingerprint density at radius 1 is 1.17 bits per heavy atom. The van der Waals surface area contributed by atoms with Crippen molar-refractivity contribution >= 4 is 29.9 Å². The number of hydrogen-bond donors (Lipinski definition) is 2. The fraction of sp³-hybridized carbons (Fsp3) is 0.500. The molecule has 0 bridgehead atoms. The SMILES string of the molecule is Cl.O=C(Nc1cccc(C(=O)N2CCOCC2)c1)C1COCCN1. The van der Waals surface area contributed by atoms with Gasteiger partial charge in [-0.3, -0.25) is 9.59 Å². The molecule has 2 amide bonds. The largest absolute Gasteiger partial charge is 0.378 e. The second-order valence-corrected chi connectivity index (χ2v) is 5.56. The van der Waals surface area contributed by atoms with Gasteiger partial charge in [-0.05, 0) is 18.2 Å². The van der Waals surface area contributed by atoms with Gasteiger partial charge in [0, 0.05) is 30.9 Å². The van der Waals surface area contributed by atoms with Crippen molar-refractivity contribution in [1.29, 1.82) is 0 Å². The molecular formula is C16H22ClN3O4. The molecule has 132 valence electrons. The molecule has 2 saturated heterocycles. The molecule has 1 aromatic rings. The molecule has 1 atom stereocenters. The quantitative estimate of drug-likeness (QED) is 0.825. The highest BCUT2D eigenvalue weighted by Crippen LogP contribution is 2.14. The lowest BCUT2D eigenvalue weighted by Crippen LogP contribution is -2.48. The van der Waals surface area contributed by atoms with E-state index in [0.29, 0.717) is 57.3 Å². The summed E-state index contributed by atoms with van der Waals surface area (Å²) in [6, 6.07) is 6.66. The van der Waals surface area contributed by atoms with Crippen LogP contribution in [0.1, 0.15) is 10.4 Å². The van der Waals surface area contributed by atoms with Crippen molar-refractivity contribution in [2.45, 2.75) is 6.04 Å². The van der Waals surface area contributed by atoms with Gasteiger partial charge in [-0.15, -0.1) is 12.4 Å². The third-order valence-corrected chi connectivity index (χ3v) is 3.91. The van der Waals surface area contributed by atoms with Crippen molar-refractivity contribution in [2.75, 3.05) is 51.4 Å². The van der Waals surface area contributed by atoms with Crippen molar-refractivity contribution in [1.82, 2.24) is 10.2 Å². The Morgan fingerprint density at radius 3 is 2.67 bits per heavy atom. The van der Waals surface area contributed by atoms with E-state index in [1.54, 1.807) is 29.2 Å². The second kappa shape index (κ2) is 8.98. The topological polar surface area (TPSA) is 79.9 Å². The van der Waals surface area contributed by atoms with Crippen molar-refractivity contribution < 1.29 is 19.1 Å². The molecule has 0 aromatic heterocycles. The van der Waals surface area contributed by atoms with Crippen molar-refractivity contribution in [2.24, 2.45) is 0 Å². The molecule has 2 N–H and O–H groups in total. The lowest BCUT2D eigenvalue weighted by atomic mass is 10.1. The minimum Gasteiger partial charge on any atom is -0.378 e. The lowest BCUT2D eigenvalue weighted by molar-refractivity contribution is -0.120. The molecule has 1 aromatic carbocycles. The van der Waals surface area contributed by atoms with Crippen LogP contribution >= 0.6 is 12.4 Å². The van der Waals surface area contributed by atoms with Gasteiger partial charge in [0.05, 0.1) is 26.4 Å². The maximum atomic E-state index is 12.5. The standard InChI is InChI=1S/C16H21N3O4.ClH/c20-15(14-11-23-7-4-17-14)18-13-3-1-2-12(10-13)16(21)19-5-8-22-9-6-19;/h1-3,10,14,17H,4-9,11H2,(H,18,20);1H. The summed E-state index contributed by atoms with van der Waals surface area (Å²) in [6.07, 6.45) is 0. The number of amides is 2. The number of carbonyl (C=O) groups is 2. The van der Waals surface area contributed by atoms with E-state index in [-0.39, 0.29) is 30.3 Å². The first-order valence-corrected chi connectivity index (χ1v) is 7.83. The number of benzene rings is 1. The summed E-state index contributed by atoms with van der Waals surface area (Å²) in [7, 11) is 0. The Hall–Kier alpha value is -1.67. The van der Waals surface area contributed by atoms with Crippen LogP contribution in [0.4, 0.5) is 5.69 Å². The molecule has 0 spiro atoms. The Bertz CT molecular complexity index is 572. The van der Waals surface area contributed by atoms with Crippen LogP contribution in [-0.4, -0.2) is 68.8 Å². The molecule has 24 heavy (non-hydrogen) atoms. The van der Waals surface area contributed by atoms with Gasteiger partial charge in [-0.2, -0.15) is 0 Å². The predicted octanol–water partition coefficient (Wildman–Crippen LogP) is 0.508. The Labute approximate surface area is 147 Å². The molecule has 8 heteroatoms. The average Bonchev–Trinajstić information content (AvgIpc) is 2.63. The highest BCUT2D eigenvalue weighted by atomic mass is 35.5. The van der Waals surface area contributed by atoms with Crippen molar-refractivity contribution in [3.63, 3.8) is 0 Å². The molecule has 2 aliphatic rings. The maximum Gasteiger partial charge on any atom is 0.254 e. The van der Waals surface area contributed by atoms with Gasteiger partial charge in [0.1, 0.15) is 6.04 Å². The summed E-state index contributed by atoms with van der Waals surface area (Å²) >= 11 is 0. The Balaban J connectivity index is 0.00000208. The highest BCUT2D eigenvalue weighted by Gasteiger charge is 2.22. The van der Waals surface area contributed by atoms with E-state index in [1.165, 1.54) is 0 Å². The van der Waals surface area contributed by atoms with Gasteiger partial charge < -0.3 is 25.0 Å². The number of rotatable bonds is 3. The summed E-state index contributed by atoms with van der Waals surface area (Å²) < 4.78 is 10.5. The summed E-state index contributed by atoms with van der Waals surface area (Å²) in [5.41, 5.74) is 1.18. The third-order valence-electron chi connectivity index (χ3n) is 3.91. The number of hydrogen-bond acceptors (Lipinski definition) is 5. The van der Waals surface area contributed by atoms with Crippen molar-refractivity contribution in [3.8, 4) is 0 Å². The number of nitrogens with one attached hydrogen (secondary N) is 2. The van der Waals surface area contributed by atoms with E-state index >= 15 is 0 Å². The zero-order valence-electron chi connectivity index (χ0n) is 13.3.